The third kappa shape index (κ3) is 4.59. The minimum Gasteiger partial charge on any atom is -0.135 e. The van der Waals surface area contributed by atoms with Crippen molar-refractivity contribution in [1.82, 2.24) is 0 Å². The lowest BCUT2D eigenvalue weighted by molar-refractivity contribution is 1.52. The normalized spacial score (nSPS) is 12.0. The molecule has 0 atom stereocenters. The molecule has 1 aromatic heterocycles. The highest BCUT2D eigenvalue weighted by Gasteiger charge is 2.20. The maximum absolute atomic E-state index is 7.98. The second-order valence-electron chi connectivity index (χ2n) is 13.2. The second kappa shape index (κ2) is 11.6. The molecular formula is C49H32S. The molecule has 1 heteroatoms. The molecule has 0 saturated carbocycles. The van der Waals surface area contributed by atoms with E-state index in [2.05, 4.69) is 159 Å². The summed E-state index contributed by atoms with van der Waals surface area (Å²) in [5.74, 6) is 0. The lowest BCUT2D eigenvalue weighted by Gasteiger charge is -2.20. The smallest absolute Gasteiger partial charge is 0.0623 e. The van der Waals surface area contributed by atoms with Crippen molar-refractivity contribution in [2.24, 2.45) is 0 Å². The third-order valence-electron chi connectivity index (χ3n) is 10.3. The summed E-state index contributed by atoms with van der Waals surface area (Å²) in [7, 11) is 0. The Morgan fingerprint density at radius 1 is 0.400 bits per heavy atom. The highest BCUT2D eigenvalue weighted by atomic mass is 32.1. The van der Waals surface area contributed by atoms with Crippen LogP contribution in [-0.4, -0.2) is 0 Å². The number of hydrogen-bond acceptors (Lipinski definition) is 1. The van der Waals surface area contributed by atoms with Crippen LogP contribution in [0.15, 0.2) is 176 Å². The Bertz CT molecular complexity index is 2930. The molecule has 0 aliphatic carbocycles. The lowest BCUT2D eigenvalue weighted by atomic mass is 9.83. The maximum Gasteiger partial charge on any atom is 0.0623 e. The Balaban J connectivity index is 1.18. The van der Waals surface area contributed by atoms with Gasteiger partial charge in [-0.2, -0.15) is 0 Å². The predicted octanol–water partition coefficient (Wildman–Crippen LogP) is 14.5. The van der Waals surface area contributed by atoms with Gasteiger partial charge < -0.3 is 0 Å². The molecule has 1 heterocycles. The molecular weight excluding hydrogens is 621 g/mol. The van der Waals surface area contributed by atoms with Gasteiger partial charge in [-0.3, -0.25) is 0 Å². The topological polar surface area (TPSA) is 0 Å². The molecule has 9 aromatic carbocycles. The summed E-state index contributed by atoms with van der Waals surface area (Å²) < 4.78 is 10.6. The van der Waals surface area contributed by atoms with E-state index in [1.54, 1.807) is 0 Å². The first kappa shape index (κ1) is 27.9. The first-order chi connectivity index (χ1) is 25.1. The predicted molar refractivity (Wildman–Crippen MR) is 218 cm³/mol. The first-order valence-electron chi connectivity index (χ1n) is 17.7. The van der Waals surface area contributed by atoms with Gasteiger partial charge in [0.1, 0.15) is 0 Å². The molecule has 0 bridgehead atoms. The molecule has 50 heavy (non-hydrogen) atoms. The minimum atomic E-state index is 0.539. The lowest BCUT2D eigenvalue weighted by Crippen LogP contribution is -1.93. The Morgan fingerprint density at radius 2 is 1.04 bits per heavy atom. The molecule has 234 valence electrons. The van der Waals surface area contributed by atoms with Gasteiger partial charge in [-0.1, -0.05) is 158 Å². The number of benzene rings is 9. The van der Waals surface area contributed by atoms with Gasteiger partial charge >= 0.3 is 0 Å². The van der Waals surface area contributed by atoms with Crippen LogP contribution in [0.2, 0.25) is 0 Å². The molecule has 0 aliphatic rings. The highest BCUT2D eigenvalue weighted by Crippen LogP contribution is 2.48. The van der Waals surface area contributed by atoms with Crippen LogP contribution in [0, 0.1) is 6.92 Å². The fraction of sp³-hybridized carbons (Fsp3) is 0.0204. The van der Waals surface area contributed by atoms with E-state index in [-0.39, 0.29) is 0 Å². The zero-order valence-electron chi connectivity index (χ0n) is 28.6. The van der Waals surface area contributed by atoms with Crippen LogP contribution >= 0.6 is 11.3 Å². The highest BCUT2D eigenvalue weighted by molar-refractivity contribution is 7.26. The maximum atomic E-state index is 7.98. The molecule has 0 amide bonds. The molecule has 0 radical (unpaired) electrons. The van der Waals surface area contributed by atoms with E-state index in [9.17, 15) is 0 Å². The number of rotatable bonds is 4. The van der Waals surface area contributed by atoms with E-state index in [1.165, 1.54) is 91.8 Å². The molecule has 0 fully saturated rings. The minimum absolute atomic E-state index is 0.539. The average molecular weight is 654 g/mol. The quantitative estimate of drug-likeness (QED) is 0.166. The molecule has 0 unspecified atom stereocenters. The second-order valence-corrected chi connectivity index (χ2v) is 14.3. The van der Waals surface area contributed by atoms with Gasteiger partial charge in [-0.15, -0.1) is 11.3 Å². The Morgan fingerprint density at radius 3 is 1.80 bits per heavy atom. The Hall–Kier alpha value is -6.02. The summed E-state index contributed by atoms with van der Waals surface area (Å²) in [6.45, 7) is 2.18. The van der Waals surface area contributed by atoms with Crippen molar-refractivity contribution in [3.05, 3.63) is 181 Å². The van der Waals surface area contributed by atoms with Gasteiger partial charge in [-0.05, 0) is 108 Å². The van der Waals surface area contributed by atoms with Crippen LogP contribution < -0.4 is 0 Å². The van der Waals surface area contributed by atoms with Crippen LogP contribution in [0.3, 0.4) is 0 Å². The fourth-order valence-corrected chi connectivity index (χ4v) is 9.19. The summed E-state index contributed by atoms with van der Waals surface area (Å²) in [5.41, 5.74) is 11.2. The van der Waals surface area contributed by atoms with Crippen LogP contribution in [0.1, 0.15) is 6.93 Å². The largest absolute Gasteiger partial charge is 0.135 e. The van der Waals surface area contributed by atoms with Crippen LogP contribution in [-0.2, 0) is 0 Å². The van der Waals surface area contributed by atoms with E-state index in [0.717, 1.165) is 10.8 Å². The van der Waals surface area contributed by atoms with Crippen molar-refractivity contribution in [1.29, 1.82) is 0 Å². The number of thiophene rings is 1. The molecule has 10 aromatic rings. The molecule has 0 aliphatic heterocycles. The molecule has 0 nitrogen and oxygen atoms in total. The molecule has 0 saturated heterocycles. The van der Waals surface area contributed by atoms with E-state index in [4.69, 9.17) is 1.37 Å². The summed E-state index contributed by atoms with van der Waals surface area (Å²) >= 11 is 1.88. The zero-order valence-corrected chi connectivity index (χ0v) is 28.4. The van der Waals surface area contributed by atoms with E-state index >= 15 is 0 Å². The van der Waals surface area contributed by atoms with Crippen molar-refractivity contribution < 1.29 is 1.37 Å². The van der Waals surface area contributed by atoms with Gasteiger partial charge in [0, 0.05) is 20.2 Å². The van der Waals surface area contributed by atoms with Gasteiger partial charge in [0.05, 0.1) is 1.37 Å². The first-order valence-corrected chi connectivity index (χ1v) is 18.0. The SMILES string of the molecule is [2H]c1ccc2cc(-c3ccc(-c4c5ccccc5c(-c5ccccc5-c5cccc6sc7cc(C)ccc7c56)c5ccccc45)cc3)ccc2c1. The average Bonchev–Trinajstić information content (AvgIpc) is 3.55. The Kier molecular flexibility index (Phi) is 6.44. The number of hydrogen-bond donors (Lipinski definition) is 0. The van der Waals surface area contributed by atoms with Crippen LogP contribution in [0.4, 0.5) is 0 Å². The van der Waals surface area contributed by atoms with Gasteiger partial charge in [0.2, 0.25) is 0 Å². The summed E-state index contributed by atoms with van der Waals surface area (Å²) in [6, 6.07) is 62.4. The monoisotopic (exact) mass is 653 g/mol. The van der Waals surface area contributed by atoms with Crippen molar-refractivity contribution in [2.45, 2.75) is 6.92 Å². The zero-order chi connectivity index (χ0) is 34.1. The van der Waals surface area contributed by atoms with Crippen LogP contribution in [0.25, 0.3) is 97.0 Å². The third-order valence-corrected chi connectivity index (χ3v) is 11.4. The fourth-order valence-electron chi connectivity index (χ4n) is 7.96. The van der Waals surface area contributed by atoms with Gasteiger partial charge in [0.15, 0.2) is 0 Å². The van der Waals surface area contributed by atoms with Gasteiger partial charge in [-0.25, -0.2) is 0 Å². The summed E-state index contributed by atoms with van der Waals surface area (Å²) in [4.78, 5) is 0. The van der Waals surface area contributed by atoms with Gasteiger partial charge in [0.25, 0.3) is 0 Å². The summed E-state index contributed by atoms with van der Waals surface area (Å²) in [6.07, 6.45) is 0. The standard InChI is InChI=1S/C49H32S/c1-31-21-28-44-46(29-31)50-45-20-10-19-39(49(44)45)37-13-4-5-14-38(37)48-42-17-8-6-15-40(42)47(41-16-7-9-18-43(41)48)34-25-22-33(23-26-34)36-27-24-32-11-2-3-12-35(32)30-36/h2-30H,1H3/i2D. The Labute approximate surface area is 296 Å². The molecule has 0 spiro atoms. The summed E-state index contributed by atoms with van der Waals surface area (Å²) in [5, 5.41) is 9.92. The number of fused-ring (bicyclic) bond motifs is 6. The van der Waals surface area contributed by atoms with E-state index < -0.39 is 0 Å². The van der Waals surface area contributed by atoms with Crippen molar-refractivity contribution >= 4 is 63.8 Å². The number of aryl methyl sites for hydroxylation is 1. The molecule has 10 rings (SSSR count). The molecule has 0 N–H and O–H groups in total. The van der Waals surface area contributed by atoms with E-state index in [1.807, 2.05) is 29.5 Å². The van der Waals surface area contributed by atoms with Crippen molar-refractivity contribution in [3.63, 3.8) is 0 Å². The van der Waals surface area contributed by atoms with Crippen molar-refractivity contribution in [3.8, 4) is 44.5 Å². The van der Waals surface area contributed by atoms with E-state index in [0.29, 0.717) is 6.04 Å². The van der Waals surface area contributed by atoms with Crippen molar-refractivity contribution in [2.75, 3.05) is 0 Å². The van der Waals surface area contributed by atoms with Crippen LogP contribution in [0.5, 0.6) is 0 Å².